The molecule has 1 aliphatic heterocycles. The maximum absolute atomic E-state index is 13.9. The zero-order chi connectivity index (χ0) is 17.3. The average Bonchev–Trinajstić information content (AvgIpc) is 2.93. The lowest BCUT2D eigenvalue weighted by Crippen LogP contribution is -2.41. The Bertz CT molecular complexity index is 776. The number of hydrogen-bond donors (Lipinski definition) is 0. The first-order valence-electron chi connectivity index (χ1n) is 8.22. The van der Waals surface area contributed by atoms with E-state index in [1.807, 2.05) is 0 Å². The van der Waals surface area contributed by atoms with Crippen LogP contribution in [-0.4, -0.2) is 41.0 Å². The third-order valence-electron chi connectivity index (χ3n) is 4.65. The molecule has 0 bridgehead atoms. The van der Waals surface area contributed by atoms with Gasteiger partial charge >= 0.3 is 5.97 Å². The number of amides is 1. The van der Waals surface area contributed by atoms with Crippen LogP contribution in [0.2, 0.25) is 0 Å². The van der Waals surface area contributed by atoms with Crippen molar-refractivity contribution in [3.63, 3.8) is 0 Å². The van der Waals surface area contributed by atoms with Crippen molar-refractivity contribution in [2.24, 2.45) is 13.0 Å². The molecule has 0 N–H and O–H groups in total. The van der Waals surface area contributed by atoms with Gasteiger partial charge in [-0.25, -0.2) is 4.39 Å². The molecule has 3 rings (SSSR count). The van der Waals surface area contributed by atoms with Crippen molar-refractivity contribution in [1.29, 1.82) is 0 Å². The van der Waals surface area contributed by atoms with E-state index in [1.54, 1.807) is 41.6 Å². The van der Waals surface area contributed by atoms with Gasteiger partial charge in [-0.1, -0.05) is 6.07 Å². The lowest BCUT2D eigenvalue weighted by Gasteiger charge is -2.30. The number of esters is 1. The van der Waals surface area contributed by atoms with Gasteiger partial charge in [0.1, 0.15) is 11.5 Å². The Morgan fingerprint density at radius 1 is 1.29 bits per heavy atom. The van der Waals surface area contributed by atoms with E-state index in [4.69, 9.17) is 4.74 Å². The summed E-state index contributed by atoms with van der Waals surface area (Å²) < 4.78 is 20.7. The first-order valence-corrected chi connectivity index (χ1v) is 8.22. The highest BCUT2D eigenvalue weighted by molar-refractivity contribution is 5.99. The molecule has 24 heavy (non-hydrogen) atoms. The smallest absolute Gasteiger partial charge is 0.309 e. The number of hydrogen-bond acceptors (Lipinski definition) is 3. The normalized spacial score (nSPS) is 15.7. The van der Waals surface area contributed by atoms with Crippen LogP contribution in [0.15, 0.2) is 24.3 Å². The van der Waals surface area contributed by atoms with Gasteiger partial charge < -0.3 is 14.2 Å². The fraction of sp³-hybridized carbons (Fsp3) is 0.444. The summed E-state index contributed by atoms with van der Waals surface area (Å²) in [5.74, 6) is -0.784. The van der Waals surface area contributed by atoms with Crippen molar-refractivity contribution in [3.8, 4) is 0 Å². The minimum absolute atomic E-state index is 0.129. The fourth-order valence-corrected chi connectivity index (χ4v) is 3.27. The molecule has 1 fully saturated rings. The summed E-state index contributed by atoms with van der Waals surface area (Å²) in [7, 11) is 1.76. The molecular weight excluding hydrogens is 311 g/mol. The molecule has 0 atom stereocenters. The molecule has 1 amide bonds. The summed E-state index contributed by atoms with van der Waals surface area (Å²) >= 11 is 0. The highest BCUT2D eigenvalue weighted by Gasteiger charge is 2.29. The highest BCUT2D eigenvalue weighted by Crippen LogP contribution is 2.25. The number of aromatic nitrogens is 1. The predicted octanol–water partition coefficient (Wildman–Crippen LogP) is 2.73. The monoisotopic (exact) mass is 332 g/mol. The van der Waals surface area contributed by atoms with E-state index in [-0.39, 0.29) is 23.6 Å². The molecule has 2 heterocycles. The largest absolute Gasteiger partial charge is 0.466 e. The second-order valence-corrected chi connectivity index (χ2v) is 6.08. The second-order valence-electron chi connectivity index (χ2n) is 6.08. The van der Waals surface area contributed by atoms with Crippen LogP contribution in [0.25, 0.3) is 10.9 Å². The minimum atomic E-state index is -0.330. The van der Waals surface area contributed by atoms with E-state index in [2.05, 4.69) is 0 Å². The number of rotatable bonds is 3. The standard InChI is InChI=1S/C18H21FN2O3/c1-3-24-18(23)12-7-9-21(10-8-12)17(22)16-11-13-14(19)5-4-6-15(13)20(16)2/h4-6,11-12H,3,7-10H2,1-2H3. The number of benzene rings is 1. The van der Waals surface area contributed by atoms with E-state index >= 15 is 0 Å². The summed E-state index contributed by atoms with van der Waals surface area (Å²) in [6, 6.07) is 6.42. The van der Waals surface area contributed by atoms with Crippen LogP contribution in [-0.2, 0) is 16.6 Å². The van der Waals surface area contributed by atoms with Crippen LogP contribution in [0.1, 0.15) is 30.3 Å². The number of fused-ring (bicyclic) bond motifs is 1. The summed E-state index contributed by atoms with van der Waals surface area (Å²) in [6.45, 7) is 3.17. The van der Waals surface area contributed by atoms with Crippen molar-refractivity contribution in [2.75, 3.05) is 19.7 Å². The molecule has 0 unspecified atom stereocenters. The molecule has 0 aliphatic carbocycles. The SMILES string of the molecule is CCOC(=O)C1CCN(C(=O)c2cc3c(F)cccc3n2C)CC1. The zero-order valence-electron chi connectivity index (χ0n) is 13.9. The van der Waals surface area contributed by atoms with Gasteiger partial charge in [0.2, 0.25) is 0 Å². The Morgan fingerprint density at radius 2 is 2.00 bits per heavy atom. The predicted molar refractivity (Wildman–Crippen MR) is 88.1 cm³/mol. The Hall–Kier alpha value is -2.37. The van der Waals surface area contributed by atoms with E-state index in [9.17, 15) is 14.0 Å². The number of aryl methyl sites for hydroxylation is 1. The van der Waals surface area contributed by atoms with Gasteiger partial charge in [-0.15, -0.1) is 0 Å². The number of likely N-dealkylation sites (tertiary alicyclic amines) is 1. The van der Waals surface area contributed by atoms with Gasteiger partial charge in [0, 0.05) is 25.5 Å². The van der Waals surface area contributed by atoms with Gasteiger partial charge in [0.05, 0.1) is 18.0 Å². The van der Waals surface area contributed by atoms with Crippen LogP contribution in [0.3, 0.4) is 0 Å². The third kappa shape index (κ3) is 2.88. The van der Waals surface area contributed by atoms with E-state index in [0.29, 0.717) is 49.1 Å². The number of carbonyl (C=O) groups excluding carboxylic acids is 2. The maximum atomic E-state index is 13.9. The quantitative estimate of drug-likeness (QED) is 0.812. The van der Waals surface area contributed by atoms with Crippen molar-refractivity contribution in [2.45, 2.75) is 19.8 Å². The minimum Gasteiger partial charge on any atom is -0.466 e. The van der Waals surface area contributed by atoms with Gasteiger partial charge in [0.25, 0.3) is 5.91 Å². The molecule has 0 saturated carbocycles. The maximum Gasteiger partial charge on any atom is 0.309 e. The molecule has 0 spiro atoms. The number of ether oxygens (including phenoxy) is 1. The molecule has 1 aromatic carbocycles. The number of carbonyl (C=O) groups is 2. The molecule has 1 aliphatic rings. The molecule has 128 valence electrons. The second kappa shape index (κ2) is 6.63. The first kappa shape index (κ1) is 16.5. The molecule has 5 nitrogen and oxygen atoms in total. The first-order chi connectivity index (χ1) is 11.5. The molecule has 0 radical (unpaired) electrons. The van der Waals surface area contributed by atoms with Gasteiger partial charge in [-0.3, -0.25) is 9.59 Å². The number of piperidine rings is 1. The van der Waals surface area contributed by atoms with E-state index in [1.165, 1.54) is 6.07 Å². The van der Waals surface area contributed by atoms with Gasteiger partial charge in [-0.05, 0) is 38.0 Å². The Morgan fingerprint density at radius 3 is 2.62 bits per heavy atom. The molecule has 1 aromatic heterocycles. The summed E-state index contributed by atoms with van der Waals surface area (Å²) in [4.78, 5) is 26.3. The number of nitrogens with zero attached hydrogens (tertiary/aromatic N) is 2. The van der Waals surface area contributed by atoms with Crippen LogP contribution in [0.4, 0.5) is 4.39 Å². The molecular formula is C18H21FN2O3. The third-order valence-corrected chi connectivity index (χ3v) is 4.65. The molecule has 2 aromatic rings. The summed E-state index contributed by atoms with van der Waals surface area (Å²) in [5, 5.41) is 0.449. The highest BCUT2D eigenvalue weighted by atomic mass is 19.1. The van der Waals surface area contributed by atoms with Crippen molar-refractivity contribution >= 4 is 22.8 Å². The molecule has 1 saturated heterocycles. The van der Waals surface area contributed by atoms with Crippen molar-refractivity contribution < 1.29 is 18.7 Å². The Balaban J connectivity index is 1.75. The fourth-order valence-electron chi connectivity index (χ4n) is 3.27. The van der Waals surface area contributed by atoms with Crippen molar-refractivity contribution in [3.05, 3.63) is 35.8 Å². The van der Waals surface area contributed by atoms with Crippen LogP contribution < -0.4 is 0 Å². The van der Waals surface area contributed by atoms with E-state index < -0.39 is 0 Å². The Labute approximate surface area is 140 Å². The van der Waals surface area contributed by atoms with Crippen LogP contribution in [0.5, 0.6) is 0 Å². The lowest BCUT2D eigenvalue weighted by atomic mass is 9.97. The van der Waals surface area contributed by atoms with Gasteiger partial charge in [0.15, 0.2) is 0 Å². The topological polar surface area (TPSA) is 51.5 Å². The molecule has 6 heteroatoms. The zero-order valence-corrected chi connectivity index (χ0v) is 13.9. The van der Waals surface area contributed by atoms with Crippen molar-refractivity contribution in [1.82, 2.24) is 9.47 Å². The number of halogens is 1. The Kier molecular flexibility index (Phi) is 4.55. The summed E-state index contributed by atoms with van der Waals surface area (Å²) in [6.07, 6.45) is 1.20. The van der Waals surface area contributed by atoms with Gasteiger partial charge in [-0.2, -0.15) is 0 Å². The van der Waals surface area contributed by atoms with E-state index in [0.717, 1.165) is 0 Å². The lowest BCUT2D eigenvalue weighted by molar-refractivity contribution is -0.149. The van der Waals surface area contributed by atoms with Crippen LogP contribution >= 0.6 is 0 Å². The average molecular weight is 332 g/mol. The van der Waals surface area contributed by atoms with Crippen LogP contribution in [0, 0.1) is 11.7 Å². The summed E-state index contributed by atoms with van der Waals surface area (Å²) in [5.41, 5.74) is 1.16.